The van der Waals surface area contributed by atoms with Crippen molar-refractivity contribution in [3.63, 3.8) is 0 Å². The molecule has 0 aromatic heterocycles. The van der Waals surface area contributed by atoms with Crippen LogP contribution in [0.5, 0.6) is 0 Å². The van der Waals surface area contributed by atoms with E-state index in [2.05, 4.69) is 46.9 Å². The molecule has 1 amide bonds. The van der Waals surface area contributed by atoms with Gasteiger partial charge in [-0.05, 0) is 63.2 Å². The molecule has 1 unspecified atom stereocenters. The van der Waals surface area contributed by atoms with Crippen LogP contribution >= 0.6 is 0 Å². The lowest BCUT2D eigenvalue weighted by molar-refractivity contribution is -0.122. The molecule has 0 spiro atoms. The quantitative estimate of drug-likeness (QED) is 0.558. The Balaban J connectivity index is 2.31. The molecule has 0 saturated heterocycles. The van der Waals surface area contributed by atoms with E-state index in [4.69, 9.17) is 0 Å². The summed E-state index contributed by atoms with van der Waals surface area (Å²) in [4.78, 5) is 11.8. The SMILES string of the molecule is CCCC(=O)NC(C)(C)CC(C)CC1CCC(CC(C)C)CC1. The number of rotatable bonds is 9. The molecule has 1 N–H and O–H groups in total. The number of nitrogens with one attached hydrogen (secondary N) is 1. The fourth-order valence-electron chi connectivity index (χ4n) is 4.61. The van der Waals surface area contributed by atoms with Gasteiger partial charge in [0, 0.05) is 12.0 Å². The Kier molecular flexibility index (Phi) is 8.64. The molecule has 136 valence electrons. The van der Waals surface area contributed by atoms with Crippen LogP contribution in [0.25, 0.3) is 0 Å². The van der Waals surface area contributed by atoms with Crippen molar-refractivity contribution in [1.29, 1.82) is 0 Å². The molecule has 0 aromatic rings. The van der Waals surface area contributed by atoms with Crippen molar-refractivity contribution in [3.05, 3.63) is 0 Å². The van der Waals surface area contributed by atoms with Crippen LogP contribution in [-0.4, -0.2) is 11.4 Å². The third-order valence-electron chi connectivity index (χ3n) is 5.32. The van der Waals surface area contributed by atoms with Crippen molar-refractivity contribution < 1.29 is 4.79 Å². The maximum absolute atomic E-state index is 11.8. The van der Waals surface area contributed by atoms with Gasteiger partial charge >= 0.3 is 0 Å². The van der Waals surface area contributed by atoms with E-state index < -0.39 is 0 Å². The van der Waals surface area contributed by atoms with Crippen LogP contribution in [0.15, 0.2) is 0 Å². The van der Waals surface area contributed by atoms with Gasteiger partial charge in [0.15, 0.2) is 0 Å². The number of hydrogen-bond acceptors (Lipinski definition) is 1. The van der Waals surface area contributed by atoms with Gasteiger partial charge in [0.1, 0.15) is 0 Å². The van der Waals surface area contributed by atoms with Crippen molar-refractivity contribution in [2.75, 3.05) is 0 Å². The topological polar surface area (TPSA) is 29.1 Å². The standard InChI is InChI=1S/C21H41NO/c1-7-8-20(23)22-21(5,6)15-17(4)14-19-11-9-18(10-12-19)13-16(2)3/h16-19H,7-15H2,1-6H3,(H,22,23). The lowest BCUT2D eigenvalue weighted by Gasteiger charge is -2.34. The molecule has 0 radical (unpaired) electrons. The van der Waals surface area contributed by atoms with Gasteiger partial charge in [-0.3, -0.25) is 4.79 Å². The summed E-state index contributed by atoms with van der Waals surface area (Å²) in [7, 11) is 0. The lowest BCUT2D eigenvalue weighted by Crippen LogP contribution is -2.44. The summed E-state index contributed by atoms with van der Waals surface area (Å²) in [5.74, 6) is 3.64. The number of carbonyl (C=O) groups is 1. The van der Waals surface area contributed by atoms with Gasteiger partial charge in [-0.2, -0.15) is 0 Å². The van der Waals surface area contributed by atoms with E-state index in [0.29, 0.717) is 12.3 Å². The minimum atomic E-state index is -0.0689. The van der Waals surface area contributed by atoms with Gasteiger partial charge in [0.05, 0.1) is 0 Å². The Hall–Kier alpha value is -0.530. The van der Waals surface area contributed by atoms with Crippen LogP contribution < -0.4 is 5.32 Å². The molecule has 1 aliphatic carbocycles. The van der Waals surface area contributed by atoms with Crippen molar-refractivity contribution in [1.82, 2.24) is 5.32 Å². The molecule has 0 heterocycles. The molecule has 1 rings (SSSR count). The molecule has 2 nitrogen and oxygen atoms in total. The average molecular weight is 324 g/mol. The van der Waals surface area contributed by atoms with E-state index in [1.165, 1.54) is 38.5 Å². The second-order valence-corrected chi connectivity index (χ2v) is 9.24. The number of hydrogen-bond donors (Lipinski definition) is 1. The zero-order valence-corrected chi connectivity index (χ0v) is 16.6. The minimum absolute atomic E-state index is 0.0689. The molecule has 1 fully saturated rings. The minimum Gasteiger partial charge on any atom is -0.351 e. The highest BCUT2D eigenvalue weighted by molar-refractivity contribution is 5.76. The summed E-state index contributed by atoms with van der Waals surface area (Å²) in [6, 6.07) is 0. The van der Waals surface area contributed by atoms with E-state index in [0.717, 1.165) is 30.6 Å². The van der Waals surface area contributed by atoms with Crippen molar-refractivity contribution in [2.24, 2.45) is 23.7 Å². The van der Waals surface area contributed by atoms with Crippen molar-refractivity contribution in [2.45, 2.75) is 105 Å². The lowest BCUT2D eigenvalue weighted by atomic mass is 9.74. The molecule has 0 aliphatic heterocycles. The summed E-state index contributed by atoms with van der Waals surface area (Å²) < 4.78 is 0. The maximum atomic E-state index is 11.8. The van der Waals surface area contributed by atoms with Gasteiger partial charge in [-0.25, -0.2) is 0 Å². The first kappa shape index (κ1) is 20.5. The largest absolute Gasteiger partial charge is 0.351 e. The number of carbonyl (C=O) groups excluding carboxylic acids is 1. The monoisotopic (exact) mass is 323 g/mol. The molecule has 1 aliphatic rings. The molecule has 2 heteroatoms. The molecule has 1 saturated carbocycles. The molecule has 1 atom stereocenters. The van der Waals surface area contributed by atoms with E-state index in [-0.39, 0.29) is 11.4 Å². The average Bonchev–Trinajstić information content (AvgIpc) is 2.39. The van der Waals surface area contributed by atoms with Crippen LogP contribution in [0.4, 0.5) is 0 Å². The Morgan fingerprint density at radius 2 is 1.57 bits per heavy atom. The van der Waals surface area contributed by atoms with Gasteiger partial charge in [0.25, 0.3) is 0 Å². The Bertz CT molecular complexity index is 340. The zero-order chi connectivity index (χ0) is 17.5. The summed E-state index contributed by atoms with van der Waals surface area (Å²) in [6.07, 6.45) is 11.1. The highest BCUT2D eigenvalue weighted by Gasteiger charge is 2.27. The first-order valence-electron chi connectivity index (χ1n) is 10.0. The fraction of sp³-hybridized carbons (Fsp3) is 0.952. The highest BCUT2D eigenvalue weighted by Crippen LogP contribution is 2.36. The van der Waals surface area contributed by atoms with Crippen LogP contribution in [0.2, 0.25) is 0 Å². The van der Waals surface area contributed by atoms with Gasteiger partial charge in [-0.15, -0.1) is 0 Å². The maximum Gasteiger partial charge on any atom is 0.220 e. The molecule has 23 heavy (non-hydrogen) atoms. The smallest absolute Gasteiger partial charge is 0.220 e. The van der Waals surface area contributed by atoms with Crippen LogP contribution in [0, 0.1) is 23.7 Å². The van der Waals surface area contributed by atoms with Crippen molar-refractivity contribution in [3.8, 4) is 0 Å². The Labute approximate surface area is 145 Å². The first-order valence-corrected chi connectivity index (χ1v) is 10.0. The molecule has 0 bridgehead atoms. The second kappa shape index (κ2) is 9.69. The molecular weight excluding hydrogens is 282 g/mol. The van der Waals surface area contributed by atoms with E-state index in [1.54, 1.807) is 0 Å². The van der Waals surface area contributed by atoms with Crippen LogP contribution in [0.3, 0.4) is 0 Å². The summed E-state index contributed by atoms with van der Waals surface area (Å²) in [5.41, 5.74) is -0.0689. The van der Waals surface area contributed by atoms with Crippen LogP contribution in [-0.2, 0) is 4.79 Å². The van der Waals surface area contributed by atoms with E-state index in [1.807, 2.05) is 0 Å². The summed E-state index contributed by atoms with van der Waals surface area (Å²) in [6.45, 7) is 13.5. The van der Waals surface area contributed by atoms with E-state index >= 15 is 0 Å². The third-order valence-corrected chi connectivity index (χ3v) is 5.32. The highest BCUT2D eigenvalue weighted by atomic mass is 16.1. The molecular formula is C21H41NO. The predicted octanol–water partition coefficient (Wildman–Crippen LogP) is 5.95. The normalized spacial score (nSPS) is 23.8. The fourth-order valence-corrected chi connectivity index (χ4v) is 4.61. The Morgan fingerprint density at radius 1 is 1.04 bits per heavy atom. The van der Waals surface area contributed by atoms with Crippen molar-refractivity contribution >= 4 is 5.91 Å². The van der Waals surface area contributed by atoms with Gasteiger partial charge in [-0.1, -0.05) is 53.4 Å². The number of amides is 1. The Morgan fingerprint density at radius 3 is 2.04 bits per heavy atom. The van der Waals surface area contributed by atoms with Crippen LogP contribution in [0.1, 0.15) is 99.3 Å². The third kappa shape index (κ3) is 8.77. The predicted molar refractivity (Wildman–Crippen MR) is 100 cm³/mol. The summed E-state index contributed by atoms with van der Waals surface area (Å²) in [5, 5.41) is 3.22. The van der Waals surface area contributed by atoms with Gasteiger partial charge < -0.3 is 5.32 Å². The zero-order valence-electron chi connectivity index (χ0n) is 16.6. The van der Waals surface area contributed by atoms with Gasteiger partial charge in [0.2, 0.25) is 5.91 Å². The van der Waals surface area contributed by atoms with E-state index in [9.17, 15) is 4.79 Å². The second-order valence-electron chi connectivity index (χ2n) is 9.24. The first-order chi connectivity index (χ1) is 10.7. The molecule has 0 aromatic carbocycles. The summed E-state index contributed by atoms with van der Waals surface area (Å²) >= 11 is 0.